The highest BCUT2D eigenvalue weighted by molar-refractivity contribution is 7.71. The molecule has 0 saturated heterocycles. The molecule has 5 nitrogen and oxygen atoms in total. The van der Waals surface area contributed by atoms with Gasteiger partial charge in [-0.2, -0.15) is 14.9 Å². The molecule has 0 saturated carbocycles. The van der Waals surface area contributed by atoms with Crippen LogP contribution in [0, 0.1) is 4.77 Å². The molecule has 104 valence electrons. The van der Waals surface area contributed by atoms with Gasteiger partial charge in [-0.1, -0.05) is 29.8 Å². The molecule has 0 aliphatic heterocycles. The van der Waals surface area contributed by atoms with E-state index >= 15 is 0 Å². The first-order valence-electron chi connectivity index (χ1n) is 6.13. The van der Waals surface area contributed by atoms with Crippen LogP contribution in [-0.2, 0) is 0 Å². The van der Waals surface area contributed by atoms with E-state index in [-0.39, 0.29) is 0 Å². The smallest absolute Gasteiger partial charge is 0.216 e. The zero-order valence-corrected chi connectivity index (χ0v) is 12.3. The Morgan fingerprint density at radius 1 is 1.24 bits per heavy atom. The summed E-state index contributed by atoms with van der Waals surface area (Å²) in [5.74, 6) is 0.555. The van der Waals surface area contributed by atoms with Crippen LogP contribution in [0.3, 0.4) is 0 Å². The van der Waals surface area contributed by atoms with Gasteiger partial charge in [-0.15, -0.1) is 0 Å². The molecule has 1 N–H and O–H groups in total. The molecule has 7 heteroatoms. The van der Waals surface area contributed by atoms with Crippen LogP contribution in [0.2, 0.25) is 5.02 Å². The van der Waals surface area contributed by atoms with Gasteiger partial charge in [0.2, 0.25) is 10.6 Å². The zero-order chi connectivity index (χ0) is 14.7. The summed E-state index contributed by atoms with van der Waals surface area (Å²) in [4.78, 5) is 4.25. The van der Waals surface area contributed by atoms with Crippen LogP contribution >= 0.6 is 23.8 Å². The number of aromatic nitrogens is 4. The standard InChI is InChI=1S/C14H10ClN5S/c15-11-5-3-4-10(8-11)9-17-20-13(18-19-14(20)21)12-6-1-2-7-16-12/h1-9H,(H,19,21)/b17-9+. The largest absolute Gasteiger partial charge is 0.253 e. The van der Waals surface area contributed by atoms with Crippen LogP contribution in [0.4, 0.5) is 0 Å². The Kier molecular flexibility index (Phi) is 3.89. The van der Waals surface area contributed by atoms with Gasteiger partial charge in [0, 0.05) is 11.2 Å². The van der Waals surface area contributed by atoms with E-state index in [1.54, 1.807) is 12.4 Å². The third-order valence-electron chi connectivity index (χ3n) is 2.72. The lowest BCUT2D eigenvalue weighted by Gasteiger charge is -1.99. The van der Waals surface area contributed by atoms with E-state index in [1.807, 2.05) is 42.5 Å². The average Bonchev–Trinajstić information content (AvgIpc) is 2.87. The van der Waals surface area contributed by atoms with Gasteiger partial charge in [-0.25, -0.2) is 5.10 Å². The van der Waals surface area contributed by atoms with Gasteiger partial charge in [-0.3, -0.25) is 4.98 Å². The number of hydrogen-bond donors (Lipinski definition) is 1. The molecule has 0 aliphatic carbocycles. The van der Waals surface area contributed by atoms with Gasteiger partial charge in [0.1, 0.15) is 5.69 Å². The summed E-state index contributed by atoms with van der Waals surface area (Å²) in [6.45, 7) is 0. The van der Waals surface area contributed by atoms with E-state index < -0.39 is 0 Å². The molecule has 0 aliphatic rings. The third-order valence-corrected chi connectivity index (χ3v) is 3.21. The summed E-state index contributed by atoms with van der Waals surface area (Å²) in [7, 11) is 0. The first kappa shape index (κ1) is 13.7. The van der Waals surface area contributed by atoms with Crippen LogP contribution in [0.1, 0.15) is 5.56 Å². The summed E-state index contributed by atoms with van der Waals surface area (Å²) in [5.41, 5.74) is 1.56. The molecular formula is C14H10ClN5S. The van der Waals surface area contributed by atoms with Crippen LogP contribution in [0.25, 0.3) is 11.5 Å². The number of nitrogens with one attached hydrogen (secondary N) is 1. The van der Waals surface area contributed by atoms with E-state index in [0.29, 0.717) is 21.3 Å². The minimum absolute atomic E-state index is 0.397. The Labute approximate surface area is 130 Å². The molecule has 3 aromatic rings. The van der Waals surface area contributed by atoms with Gasteiger partial charge in [0.05, 0.1) is 6.21 Å². The summed E-state index contributed by atoms with van der Waals surface area (Å²) >= 11 is 11.1. The Balaban J connectivity index is 2.00. The van der Waals surface area contributed by atoms with E-state index in [9.17, 15) is 0 Å². The van der Waals surface area contributed by atoms with Gasteiger partial charge >= 0.3 is 0 Å². The lowest BCUT2D eigenvalue weighted by Crippen LogP contribution is -1.96. The SMILES string of the molecule is S=c1[nH]nc(-c2ccccn2)n1/N=C/c1cccc(Cl)c1. The number of nitrogens with zero attached hydrogens (tertiary/aromatic N) is 4. The van der Waals surface area contributed by atoms with Crippen LogP contribution in [0.15, 0.2) is 53.8 Å². The predicted octanol–water partition coefficient (Wildman–Crippen LogP) is 3.54. The Hall–Kier alpha value is -2.31. The van der Waals surface area contributed by atoms with Crippen molar-refractivity contribution < 1.29 is 0 Å². The Bertz CT molecular complexity index is 838. The maximum absolute atomic E-state index is 5.95. The fourth-order valence-electron chi connectivity index (χ4n) is 1.77. The zero-order valence-electron chi connectivity index (χ0n) is 10.8. The molecule has 1 aromatic carbocycles. The highest BCUT2D eigenvalue weighted by Gasteiger charge is 2.08. The fraction of sp³-hybridized carbons (Fsp3) is 0. The van der Waals surface area contributed by atoms with Gasteiger partial charge in [-0.05, 0) is 42.0 Å². The van der Waals surface area contributed by atoms with Crippen molar-refractivity contribution in [2.24, 2.45) is 5.10 Å². The molecule has 2 aromatic heterocycles. The second-order valence-electron chi connectivity index (χ2n) is 4.18. The fourth-order valence-corrected chi connectivity index (χ4v) is 2.15. The summed E-state index contributed by atoms with van der Waals surface area (Å²) in [6.07, 6.45) is 3.36. The minimum Gasteiger partial charge on any atom is -0.253 e. The number of aromatic amines is 1. The molecule has 0 unspecified atom stereocenters. The van der Waals surface area contributed by atoms with E-state index in [2.05, 4.69) is 20.3 Å². The molecule has 0 spiro atoms. The molecule has 0 atom stereocenters. The van der Waals surface area contributed by atoms with Crippen molar-refractivity contribution in [3.05, 3.63) is 64.0 Å². The summed E-state index contributed by atoms with van der Waals surface area (Å²) < 4.78 is 1.92. The van der Waals surface area contributed by atoms with Crippen molar-refractivity contribution in [3.8, 4) is 11.5 Å². The number of benzene rings is 1. The quantitative estimate of drug-likeness (QED) is 0.594. The molecule has 0 bridgehead atoms. The highest BCUT2D eigenvalue weighted by Crippen LogP contribution is 2.14. The molecule has 0 fully saturated rings. The summed E-state index contributed by atoms with van der Waals surface area (Å²) in [6, 6.07) is 12.9. The van der Waals surface area contributed by atoms with E-state index in [4.69, 9.17) is 23.8 Å². The van der Waals surface area contributed by atoms with Crippen LogP contribution < -0.4 is 0 Å². The second-order valence-corrected chi connectivity index (χ2v) is 5.00. The Morgan fingerprint density at radius 3 is 2.90 bits per heavy atom. The van der Waals surface area contributed by atoms with Crippen molar-refractivity contribution in [1.82, 2.24) is 19.9 Å². The predicted molar refractivity (Wildman–Crippen MR) is 85.1 cm³/mol. The molecule has 21 heavy (non-hydrogen) atoms. The van der Waals surface area contributed by atoms with Crippen molar-refractivity contribution >= 4 is 30.0 Å². The summed E-state index contributed by atoms with van der Waals surface area (Å²) in [5, 5.41) is 11.9. The molecule has 0 radical (unpaired) electrons. The van der Waals surface area contributed by atoms with Crippen molar-refractivity contribution in [1.29, 1.82) is 0 Å². The Morgan fingerprint density at radius 2 is 2.14 bits per heavy atom. The topological polar surface area (TPSA) is 58.9 Å². The van der Waals surface area contributed by atoms with E-state index in [0.717, 1.165) is 5.56 Å². The molecule has 0 amide bonds. The highest BCUT2D eigenvalue weighted by atomic mass is 35.5. The number of H-pyrrole nitrogens is 1. The number of halogens is 1. The van der Waals surface area contributed by atoms with Crippen molar-refractivity contribution in [2.75, 3.05) is 0 Å². The van der Waals surface area contributed by atoms with Gasteiger partial charge < -0.3 is 0 Å². The lowest BCUT2D eigenvalue weighted by molar-refractivity contribution is 0.867. The van der Waals surface area contributed by atoms with Crippen LogP contribution in [-0.4, -0.2) is 26.1 Å². The molecule has 2 heterocycles. The maximum atomic E-state index is 5.95. The lowest BCUT2D eigenvalue weighted by atomic mass is 10.2. The first-order valence-corrected chi connectivity index (χ1v) is 6.91. The maximum Gasteiger partial charge on any atom is 0.216 e. The van der Waals surface area contributed by atoms with Gasteiger partial charge in [0.25, 0.3) is 0 Å². The van der Waals surface area contributed by atoms with Crippen molar-refractivity contribution in [2.45, 2.75) is 0 Å². The third kappa shape index (κ3) is 3.07. The van der Waals surface area contributed by atoms with Gasteiger partial charge in [0.15, 0.2) is 0 Å². The number of rotatable bonds is 3. The van der Waals surface area contributed by atoms with E-state index in [1.165, 1.54) is 4.68 Å². The van der Waals surface area contributed by atoms with Crippen LogP contribution in [0.5, 0.6) is 0 Å². The first-order chi connectivity index (χ1) is 10.2. The number of hydrogen-bond acceptors (Lipinski definition) is 4. The normalized spacial score (nSPS) is 11.1. The molecular weight excluding hydrogens is 306 g/mol. The van der Waals surface area contributed by atoms with Crippen molar-refractivity contribution in [3.63, 3.8) is 0 Å². The average molecular weight is 316 g/mol. The molecule has 3 rings (SSSR count). The monoisotopic (exact) mass is 315 g/mol. The second kappa shape index (κ2) is 5.99. The number of pyridine rings is 1. The minimum atomic E-state index is 0.397.